The second-order valence-electron chi connectivity index (χ2n) is 17.1. The number of alkyl carbamates (subject to hydrolysis) is 1. The maximum absolute atomic E-state index is 14.9. The van der Waals surface area contributed by atoms with E-state index in [2.05, 4.69) is 27.3 Å². The third kappa shape index (κ3) is 8.59. The fourth-order valence-corrected chi connectivity index (χ4v) is 9.12. The molecule has 306 valence electrons. The lowest BCUT2D eigenvalue weighted by molar-refractivity contribution is -0.142. The number of nitrogens with zero attached hydrogens (tertiary/aromatic N) is 2. The van der Waals surface area contributed by atoms with Crippen molar-refractivity contribution in [3.63, 3.8) is 0 Å². The number of carbonyl (C=O) groups is 4. The summed E-state index contributed by atoms with van der Waals surface area (Å²) in [5, 5.41) is 6.64. The summed E-state index contributed by atoms with van der Waals surface area (Å²) >= 11 is 0. The van der Waals surface area contributed by atoms with Gasteiger partial charge in [-0.2, -0.15) is 0 Å². The minimum Gasteiger partial charge on any atom is -0.494 e. The van der Waals surface area contributed by atoms with Crippen molar-refractivity contribution in [2.24, 2.45) is 17.8 Å². The Morgan fingerprint density at radius 2 is 1.89 bits per heavy atom. The summed E-state index contributed by atoms with van der Waals surface area (Å²) in [4.78, 5) is 62.4. The predicted octanol–water partition coefficient (Wildman–Crippen LogP) is 4.90. The van der Waals surface area contributed by atoms with Crippen LogP contribution in [0.4, 0.5) is 9.18 Å². The van der Waals surface area contributed by atoms with E-state index in [-0.39, 0.29) is 42.9 Å². The number of amides is 4. The molecule has 1 aromatic carbocycles. The lowest BCUT2D eigenvalue weighted by Gasteiger charge is -2.34. The molecule has 1 saturated heterocycles. The fourth-order valence-electron chi connectivity index (χ4n) is 7.80. The van der Waals surface area contributed by atoms with Gasteiger partial charge in [0.15, 0.2) is 11.6 Å². The van der Waals surface area contributed by atoms with Crippen LogP contribution in [0.1, 0.15) is 92.9 Å². The summed E-state index contributed by atoms with van der Waals surface area (Å²) in [7, 11) is -2.67. The number of rotatable bonds is 8. The zero-order chi connectivity index (χ0) is 40.8. The van der Waals surface area contributed by atoms with Crippen LogP contribution >= 0.6 is 0 Å². The number of aromatic nitrogens is 1. The SMILES string of the molecule is CC[C@@H]1C[C@H](C)CC/C=C\[C@@H]2C[C@@]2(C(=O)NS(=O)(=O)C2(C)CC2)NC(=O)[C@@H]2C[C@@H](Oc3nccc4cc(OC)c(F)cc34)CN2C(=O)[C@H]1NC(=O)OC(C)(C)C. The topological polar surface area (TPSA) is 182 Å². The Balaban J connectivity index is 1.37. The van der Waals surface area contributed by atoms with Gasteiger partial charge in [0.25, 0.3) is 5.91 Å². The number of sulfonamides is 1. The molecule has 0 unspecified atom stereocenters. The van der Waals surface area contributed by atoms with Gasteiger partial charge in [-0.15, -0.1) is 0 Å². The largest absolute Gasteiger partial charge is 0.494 e. The number of benzene rings is 1. The van der Waals surface area contributed by atoms with Gasteiger partial charge in [0, 0.05) is 23.9 Å². The first kappa shape index (κ1) is 41.2. The molecule has 2 saturated carbocycles. The number of fused-ring (bicyclic) bond motifs is 3. The highest BCUT2D eigenvalue weighted by Gasteiger charge is 2.63. The van der Waals surface area contributed by atoms with E-state index in [1.807, 2.05) is 19.1 Å². The van der Waals surface area contributed by atoms with Crippen LogP contribution in [0.2, 0.25) is 0 Å². The van der Waals surface area contributed by atoms with Crippen molar-refractivity contribution in [1.82, 2.24) is 25.2 Å². The maximum Gasteiger partial charge on any atom is 0.408 e. The summed E-state index contributed by atoms with van der Waals surface area (Å²) < 4.78 is 59.6. The molecule has 4 aliphatic rings. The van der Waals surface area contributed by atoms with Crippen LogP contribution in [-0.4, -0.2) is 89.8 Å². The molecule has 3 fully saturated rings. The number of hydrogen-bond donors (Lipinski definition) is 3. The van der Waals surface area contributed by atoms with E-state index in [4.69, 9.17) is 14.2 Å². The van der Waals surface area contributed by atoms with E-state index in [1.54, 1.807) is 33.8 Å². The van der Waals surface area contributed by atoms with Crippen LogP contribution in [0.25, 0.3) is 10.8 Å². The van der Waals surface area contributed by atoms with E-state index in [9.17, 15) is 32.0 Å². The first-order valence-corrected chi connectivity index (χ1v) is 20.9. The van der Waals surface area contributed by atoms with Gasteiger partial charge in [0.05, 0.1) is 18.4 Å². The fraction of sp³-hybridized carbons (Fsp3) is 0.625. The van der Waals surface area contributed by atoms with Gasteiger partial charge < -0.3 is 29.7 Å². The molecule has 2 aliphatic carbocycles. The highest BCUT2D eigenvalue weighted by Crippen LogP contribution is 2.47. The summed E-state index contributed by atoms with van der Waals surface area (Å²) in [6.45, 7) is 10.6. The quantitative estimate of drug-likeness (QED) is 0.311. The van der Waals surface area contributed by atoms with E-state index in [0.29, 0.717) is 42.9 Å². The summed E-state index contributed by atoms with van der Waals surface area (Å²) in [5.74, 6) is -3.25. The second kappa shape index (κ2) is 15.5. The number of carbonyl (C=O) groups excluding carboxylic acids is 4. The standard InChI is InChI=1S/C40H54FN5O9S/c1-8-24-17-23(2)11-9-10-12-26-21-40(26,36(49)45-56(51,52)39(6)14-15-39)44-33(47)30-19-27(22-46(30)35(48)32(24)43-37(50)55-38(3,4)5)54-34-28-20-29(41)31(53-7)18-25(28)13-16-42-34/h10,12-13,16,18,20,23-24,26-27,30,32H,8-9,11,14-15,17,19,21-22H2,1-7H3,(H,43,50)(H,44,47)(H,45,49)/b12-10-/t23-,24-,26-,27-,30+,32+,40-/m1/s1. The van der Waals surface area contributed by atoms with Crippen molar-refractivity contribution >= 4 is 44.6 Å². The van der Waals surface area contributed by atoms with Crippen LogP contribution in [0, 0.1) is 23.6 Å². The molecule has 2 aromatic rings. The van der Waals surface area contributed by atoms with Crippen LogP contribution in [0.15, 0.2) is 36.5 Å². The molecule has 16 heteroatoms. The zero-order valence-corrected chi connectivity index (χ0v) is 34.0. The lowest BCUT2D eigenvalue weighted by Crippen LogP contribution is -2.59. The molecule has 4 amide bonds. The van der Waals surface area contributed by atoms with Gasteiger partial charge in [-0.1, -0.05) is 32.4 Å². The van der Waals surface area contributed by atoms with E-state index >= 15 is 0 Å². The predicted molar refractivity (Wildman–Crippen MR) is 206 cm³/mol. The minimum absolute atomic E-state index is 0.0391. The molecular formula is C40H54FN5O9S. The number of pyridine rings is 1. The van der Waals surface area contributed by atoms with Crippen molar-refractivity contribution in [1.29, 1.82) is 0 Å². The van der Waals surface area contributed by atoms with E-state index in [1.165, 1.54) is 30.3 Å². The van der Waals surface area contributed by atoms with Crippen molar-refractivity contribution in [2.45, 2.75) is 127 Å². The third-order valence-electron chi connectivity index (χ3n) is 11.6. The molecule has 0 bridgehead atoms. The number of nitrogens with one attached hydrogen (secondary N) is 3. The van der Waals surface area contributed by atoms with Gasteiger partial charge in [-0.3, -0.25) is 19.1 Å². The van der Waals surface area contributed by atoms with Gasteiger partial charge >= 0.3 is 6.09 Å². The number of hydrogen-bond acceptors (Lipinski definition) is 10. The van der Waals surface area contributed by atoms with Gasteiger partial charge in [-0.05, 0) is 102 Å². The lowest BCUT2D eigenvalue weighted by atomic mass is 9.85. The zero-order valence-electron chi connectivity index (χ0n) is 33.1. The van der Waals surface area contributed by atoms with Crippen LogP contribution in [0.5, 0.6) is 11.6 Å². The van der Waals surface area contributed by atoms with Gasteiger partial charge in [-0.25, -0.2) is 22.6 Å². The summed E-state index contributed by atoms with van der Waals surface area (Å²) in [6, 6.07) is 2.15. The molecule has 3 N–H and O–H groups in total. The monoisotopic (exact) mass is 799 g/mol. The first-order valence-electron chi connectivity index (χ1n) is 19.4. The Bertz CT molecular complexity index is 2020. The molecule has 0 radical (unpaired) electrons. The Morgan fingerprint density at radius 3 is 2.55 bits per heavy atom. The van der Waals surface area contributed by atoms with E-state index in [0.717, 1.165) is 6.42 Å². The van der Waals surface area contributed by atoms with Crippen molar-refractivity contribution in [3.8, 4) is 11.6 Å². The van der Waals surface area contributed by atoms with Crippen molar-refractivity contribution in [3.05, 3.63) is 42.4 Å². The first-order chi connectivity index (χ1) is 26.3. The normalized spacial score (nSPS) is 29.8. The van der Waals surface area contributed by atoms with Crippen LogP contribution in [0.3, 0.4) is 0 Å². The number of methoxy groups -OCH3 is 1. The van der Waals surface area contributed by atoms with Gasteiger partial charge in [0.2, 0.25) is 27.7 Å². The highest BCUT2D eigenvalue weighted by atomic mass is 32.2. The Hall–Kier alpha value is -4.47. The molecule has 2 aliphatic heterocycles. The summed E-state index contributed by atoms with van der Waals surface area (Å²) in [5.41, 5.74) is -2.42. The highest BCUT2D eigenvalue weighted by molar-refractivity contribution is 7.91. The average Bonchev–Trinajstić information content (AvgIpc) is 4.00. The number of ether oxygens (including phenoxy) is 3. The third-order valence-corrected chi connectivity index (χ3v) is 13.7. The molecule has 3 heterocycles. The number of halogens is 1. The Labute approximate surface area is 327 Å². The Kier molecular flexibility index (Phi) is 11.4. The molecule has 1 aromatic heterocycles. The Morgan fingerprint density at radius 1 is 1.16 bits per heavy atom. The van der Waals surface area contributed by atoms with E-state index < -0.39 is 79.6 Å². The molecule has 0 spiro atoms. The molecule has 6 rings (SSSR count). The molecular weight excluding hydrogens is 746 g/mol. The average molecular weight is 800 g/mol. The van der Waals surface area contributed by atoms with Crippen LogP contribution < -0.4 is 24.8 Å². The van der Waals surface area contributed by atoms with Crippen molar-refractivity contribution in [2.75, 3.05) is 13.7 Å². The molecule has 56 heavy (non-hydrogen) atoms. The summed E-state index contributed by atoms with van der Waals surface area (Å²) in [6.07, 6.45) is 7.16. The smallest absolute Gasteiger partial charge is 0.408 e. The molecule has 14 nitrogen and oxygen atoms in total. The molecule has 7 atom stereocenters. The second-order valence-corrected chi connectivity index (χ2v) is 19.3. The van der Waals surface area contributed by atoms with Crippen molar-refractivity contribution < 1.29 is 46.2 Å². The number of allylic oxidation sites excluding steroid dienone is 1. The van der Waals surface area contributed by atoms with Gasteiger partial charge in [0.1, 0.15) is 29.3 Å². The van der Waals surface area contributed by atoms with Crippen LogP contribution in [-0.2, 0) is 29.1 Å². The maximum atomic E-state index is 14.9. The minimum atomic E-state index is -4.03.